The maximum absolute atomic E-state index is 9.76. The fraction of sp³-hybridized carbons (Fsp3) is 0.0556. The highest BCUT2D eigenvalue weighted by atomic mass is 32.2. The molecule has 2 aromatic rings. The summed E-state index contributed by atoms with van der Waals surface area (Å²) >= 11 is 1.32. The van der Waals surface area contributed by atoms with Crippen LogP contribution in [0.4, 0.5) is 0 Å². The molecule has 0 fully saturated rings. The lowest BCUT2D eigenvalue weighted by molar-refractivity contribution is 0.450. The standard InChI is InChI=1S/C18H17N3O3S/c1-2-9-25-18(19-11-14-7-8-15(22)10-17(14)24)21-20-12-13-5-3-4-6-16(13)23/h2-8,10-12,22-24H,1,9H2/b19-11+,20-12+,21-18+. The highest BCUT2D eigenvalue weighted by Gasteiger charge is 2.01. The predicted molar refractivity (Wildman–Crippen MR) is 103 cm³/mol. The second kappa shape index (κ2) is 9.29. The fourth-order valence-electron chi connectivity index (χ4n) is 1.73. The Morgan fingerprint density at radius 1 is 1.00 bits per heavy atom. The van der Waals surface area contributed by atoms with Crippen LogP contribution in [0.25, 0.3) is 0 Å². The average Bonchev–Trinajstić information content (AvgIpc) is 2.59. The molecule has 0 saturated heterocycles. The van der Waals surface area contributed by atoms with Gasteiger partial charge < -0.3 is 15.3 Å². The number of hydrogen-bond donors (Lipinski definition) is 3. The van der Waals surface area contributed by atoms with Crippen LogP contribution in [0, 0.1) is 0 Å². The summed E-state index contributed by atoms with van der Waals surface area (Å²) in [5.74, 6) is 0.578. The van der Waals surface area contributed by atoms with E-state index in [0.717, 1.165) is 0 Å². The van der Waals surface area contributed by atoms with Crippen molar-refractivity contribution in [2.75, 3.05) is 5.75 Å². The van der Waals surface area contributed by atoms with E-state index in [4.69, 9.17) is 0 Å². The van der Waals surface area contributed by atoms with Gasteiger partial charge in [0, 0.05) is 29.2 Å². The SMILES string of the molecule is C=CCSC(/N=C/c1ccc(O)cc1O)=N/N=C/c1ccccc1O. The van der Waals surface area contributed by atoms with Crippen LogP contribution in [0.15, 0.2) is 70.3 Å². The van der Waals surface area contributed by atoms with Crippen LogP contribution in [0.3, 0.4) is 0 Å². The zero-order valence-corrected chi connectivity index (χ0v) is 14.1. The van der Waals surface area contributed by atoms with Crippen LogP contribution < -0.4 is 0 Å². The van der Waals surface area contributed by atoms with Crippen molar-refractivity contribution in [2.24, 2.45) is 15.2 Å². The van der Waals surface area contributed by atoms with Gasteiger partial charge in [0.15, 0.2) is 0 Å². The number of rotatable bonds is 5. The Morgan fingerprint density at radius 3 is 2.48 bits per heavy atom. The number of benzene rings is 2. The number of hydrogen-bond acceptors (Lipinski definition) is 6. The first kappa shape index (κ1) is 18.3. The van der Waals surface area contributed by atoms with Gasteiger partial charge >= 0.3 is 0 Å². The Hall–Kier alpha value is -3.06. The predicted octanol–water partition coefficient (Wildman–Crippen LogP) is 3.53. The van der Waals surface area contributed by atoms with Crippen molar-refractivity contribution in [1.29, 1.82) is 0 Å². The molecular formula is C18H17N3O3S. The van der Waals surface area contributed by atoms with Crippen LogP contribution in [-0.4, -0.2) is 38.7 Å². The van der Waals surface area contributed by atoms with Crippen LogP contribution in [0.5, 0.6) is 17.2 Å². The van der Waals surface area contributed by atoms with Crippen LogP contribution in [0.2, 0.25) is 0 Å². The monoisotopic (exact) mass is 355 g/mol. The molecule has 0 aromatic heterocycles. The zero-order chi connectivity index (χ0) is 18.1. The van der Waals surface area contributed by atoms with Crippen molar-refractivity contribution in [3.05, 3.63) is 66.2 Å². The molecule has 25 heavy (non-hydrogen) atoms. The molecule has 128 valence electrons. The summed E-state index contributed by atoms with van der Waals surface area (Å²) < 4.78 is 0. The van der Waals surface area contributed by atoms with E-state index in [1.807, 2.05) is 0 Å². The van der Waals surface area contributed by atoms with E-state index in [-0.39, 0.29) is 17.2 Å². The van der Waals surface area contributed by atoms with E-state index in [9.17, 15) is 15.3 Å². The summed E-state index contributed by atoms with van der Waals surface area (Å²) in [5.41, 5.74) is 0.980. The molecule has 0 aliphatic carbocycles. The maximum atomic E-state index is 9.76. The minimum absolute atomic E-state index is 0.0307. The normalized spacial score (nSPS) is 12.1. The molecule has 2 aromatic carbocycles. The Labute approximate surface area is 149 Å². The first-order valence-corrected chi connectivity index (χ1v) is 8.27. The molecule has 0 heterocycles. The average molecular weight is 355 g/mol. The molecular weight excluding hydrogens is 338 g/mol. The van der Waals surface area contributed by atoms with Crippen molar-refractivity contribution in [3.63, 3.8) is 0 Å². The summed E-state index contributed by atoms with van der Waals surface area (Å²) in [4.78, 5) is 4.20. The molecule has 0 atom stereocenters. The molecule has 6 nitrogen and oxygen atoms in total. The van der Waals surface area contributed by atoms with Crippen molar-refractivity contribution in [2.45, 2.75) is 0 Å². The topological polar surface area (TPSA) is 97.8 Å². The van der Waals surface area contributed by atoms with Gasteiger partial charge in [-0.1, -0.05) is 30.0 Å². The van der Waals surface area contributed by atoms with Crippen molar-refractivity contribution in [3.8, 4) is 17.2 Å². The van der Waals surface area contributed by atoms with E-state index in [2.05, 4.69) is 21.8 Å². The molecule has 0 aliphatic heterocycles. The third-order valence-electron chi connectivity index (χ3n) is 2.94. The molecule has 0 bridgehead atoms. The summed E-state index contributed by atoms with van der Waals surface area (Å²) in [6.07, 6.45) is 4.57. The van der Waals surface area contributed by atoms with Crippen LogP contribution in [-0.2, 0) is 0 Å². The van der Waals surface area contributed by atoms with Gasteiger partial charge in [-0.15, -0.1) is 11.7 Å². The molecule has 2 rings (SSSR count). The minimum Gasteiger partial charge on any atom is -0.508 e. The number of para-hydroxylation sites is 1. The van der Waals surface area contributed by atoms with Gasteiger partial charge in [0.1, 0.15) is 17.2 Å². The number of nitrogens with zero attached hydrogens (tertiary/aromatic N) is 3. The second-order valence-electron chi connectivity index (χ2n) is 4.79. The van der Waals surface area contributed by atoms with Crippen molar-refractivity contribution >= 4 is 29.4 Å². The van der Waals surface area contributed by atoms with Gasteiger partial charge in [0.25, 0.3) is 0 Å². The van der Waals surface area contributed by atoms with Crippen LogP contribution in [0.1, 0.15) is 11.1 Å². The van der Waals surface area contributed by atoms with E-state index in [0.29, 0.717) is 22.0 Å². The summed E-state index contributed by atoms with van der Waals surface area (Å²) in [6, 6.07) is 11.0. The van der Waals surface area contributed by atoms with Gasteiger partial charge in [-0.25, -0.2) is 4.99 Å². The first-order valence-electron chi connectivity index (χ1n) is 7.29. The van der Waals surface area contributed by atoms with E-state index in [1.54, 1.807) is 30.3 Å². The molecule has 0 amide bonds. The number of phenolic OH excluding ortho intramolecular Hbond substituents is 3. The van der Waals surface area contributed by atoms with Gasteiger partial charge in [-0.2, -0.15) is 5.10 Å². The van der Waals surface area contributed by atoms with Gasteiger partial charge in [-0.3, -0.25) is 0 Å². The molecule has 0 unspecified atom stereocenters. The third kappa shape index (κ3) is 5.82. The Morgan fingerprint density at radius 2 is 1.76 bits per heavy atom. The molecule has 3 N–H and O–H groups in total. The third-order valence-corrected chi connectivity index (χ3v) is 3.78. The van der Waals surface area contributed by atoms with Crippen LogP contribution >= 0.6 is 11.8 Å². The Balaban J connectivity index is 2.18. The number of amidine groups is 1. The van der Waals surface area contributed by atoms with Gasteiger partial charge in [0.2, 0.25) is 5.17 Å². The van der Waals surface area contributed by atoms with Gasteiger partial charge in [-0.05, 0) is 24.3 Å². The number of aliphatic imine (C=N–C) groups is 1. The van der Waals surface area contributed by atoms with Crippen molar-refractivity contribution < 1.29 is 15.3 Å². The summed E-state index contributed by atoms with van der Waals surface area (Å²) in [7, 11) is 0. The molecule has 7 heteroatoms. The smallest absolute Gasteiger partial charge is 0.209 e. The molecule has 0 aliphatic rings. The molecule has 0 saturated carbocycles. The summed E-state index contributed by atoms with van der Waals surface area (Å²) in [6.45, 7) is 3.65. The Kier molecular flexibility index (Phi) is 6.79. The lowest BCUT2D eigenvalue weighted by Crippen LogP contribution is -1.91. The molecule has 0 radical (unpaired) electrons. The number of aromatic hydroxyl groups is 3. The lowest BCUT2D eigenvalue weighted by Gasteiger charge is -2.00. The zero-order valence-electron chi connectivity index (χ0n) is 13.3. The largest absolute Gasteiger partial charge is 0.508 e. The highest BCUT2D eigenvalue weighted by molar-refractivity contribution is 8.14. The summed E-state index contributed by atoms with van der Waals surface area (Å²) in [5, 5.41) is 37.1. The van der Waals surface area contributed by atoms with Gasteiger partial charge in [0.05, 0.1) is 6.21 Å². The number of thioether (sulfide) groups is 1. The first-order chi connectivity index (χ1) is 12.1. The highest BCUT2D eigenvalue weighted by Crippen LogP contribution is 2.21. The quantitative estimate of drug-likeness (QED) is 0.331. The van der Waals surface area contributed by atoms with E-state index in [1.165, 1.54) is 42.4 Å². The Bertz CT molecular complexity index is 832. The lowest BCUT2D eigenvalue weighted by atomic mass is 10.2. The second-order valence-corrected chi connectivity index (χ2v) is 5.77. The minimum atomic E-state index is -0.0884. The fourth-order valence-corrected chi connectivity index (χ4v) is 2.23. The van der Waals surface area contributed by atoms with Crippen molar-refractivity contribution in [1.82, 2.24) is 0 Å². The van der Waals surface area contributed by atoms with E-state index < -0.39 is 0 Å². The number of phenols is 3. The molecule has 0 spiro atoms. The maximum Gasteiger partial charge on any atom is 0.209 e. The van der Waals surface area contributed by atoms with E-state index >= 15 is 0 Å².